The number of carbonyl (C=O) groups excluding carboxylic acids is 2. The zero-order valence-electron chi connectivity index (χ0n) is 16.6. The van der Waals surface area contributed by atoms with E-state index in [0.29, 0.717) is 11.3 Å². The fourth-order valence-electron chi connectivity index (χ4n) is 3.02. The highest BCUT2D eigenvalue weighted by Gasteiger charge is 2.19. The molecule has 2 N–H and O–H groups in total. The number of nitrogens with zero attached hydrogens (tertiary/aromatic N) is 1. The Morgan fingerprint density at radius 2 is 1.79 bits per heavy atom. The highest BCUT2D eigenvalue weighted by Crippen LogP contribution is 2.22. The lowest BCUT2D eigenvalue weighted by molar-refractivity contribution is -0.129. The van der Waals surface area contributed by atoms with Crippen molar-refractivity contribution in [3.63, 3.8) is 0 Å². The molecule has 0 radical (unpaired) electrons. The second-order valence-corrected chi connectivity index (χ2v) is 7.01. The summed E-state index contributed by atoms with van der Waals surface area (Å²) < 4.78 is 5.22. The van der Waals surface area contributed by atoms with Crippen LogP contribution in [-0.4, -0.2) is 30.9 Å². The zero-order valence-corrected chi connectivity index (χ0v) is 16.6. The van der Waals surface area contributed by atoms with Gasteiger partial charge in [0.15, 0.2) is 0 Å². The highest BCUT2D eigenvalue weighted by atomic mass is 16.4. The number of hydrogen-bond acceptors (Lipinski definition) is 4. The van der Waals surface area contributed by atoms with E-state index in [9.17, 15) is 14.4 Å². The minimum atomic E-state index is -0.480. The van der Waals surface area contributed by atoms with Gasteiger partial charge in [-0.1, -0.05) is 30.3 Å². The van der Waals surface area contributed by atoms with Crippen LogP contribution in [0.5, 0.6) is 0 Å². The first-order valence-electron chi connectivity index (χ1n) is 9.20. The second kappa shape index (κ2) is 8.60. The van der Waals surface area contributed by atoms with Crippen LogP contribution in [0.25, 0.3) is 11.0 Å². The molecule has 0 aliphatic rings. The lowest BCUT2D eigenvalue weighted by Gasteiger charge is -2.21. The first-order chi connectivity index (χ1) is 13.8. The number of aryl methyl sites for hydroxylation is 1. The average Bonchev–Trinajstić information content (AvgIpc) is 2.67. The van der Waals surface area contributed by atoms with Crippen LogP contribution in [0.4, 0.5) is 10.5 Å². The van der Waals surface area contributed by atoms with Gasteiger partial charge in [0.05, 0.1) is 12.5 Å². The first-order valence-corrected chi connectivity index (χ1v) is 9.20. The monoisotopic (exact) mass is 393 g/mol. The van der Waals surface area contributed by atoms with Crippen molar-refractivity contribution in [2.45, 2.75) is 19.4 Å². The maximum Gasteiger partial charge on any atom is 0.336 e. The molecule has 1 aromatic heterocycles. The summed E-state index contributed by atoms with van der Waals surface area (Å²) in [6.07, 6.45) is 0.135. The van der Waals surface area contributed by atoms with Crippen LogP contribution in [-0.2, 0) is 4.79 Å². The van der Waals surface area contributed by atoms with Crippen molar-refractivity contribution in [3.05, 3.63) is 76.1 Å². The van der Waals surface area contributed by atoms with Crippen LogP contribution >= 0.6 is 0 Å². The summed E-state index contributed by atoms with van der Waals surface area (Å²) in [4.78, 5) is 37.9. The van der Waals surface area contributed by atoms with Gasteiger partial charge in [-0.3, -0.25) is 4.79 Å². The van der Waals surface area contributed by atoms with Crippen molar-refractivity contribution in [3.8, 4) is 0 Å². The quantitative estimate of drug-likeness (QED) is 0.650. The molecule has 0 spiro atoms. The van der Waals surface area contributed by atoms with E-state index in [1.54, 1.807) is 32.3 Å². The molecule has 3 amide bonds. The fraction of sp³-hybridized carbons (Fsp3) is 0.227. The number of fused-ring (bicyclic) bond motifs is 1. The summed E-state index contributed by atoms with van der Waals surface area (Å²) in [5.74, 6) is -0.0953. The van der Waals surface area contributed by atoms with E-state index in [2.05, 4.69) is 10.6 Å². The molecular formula is C22H23N3O4. The fourth-order valence-corrected chi connectivity index (χ4v) is 3.02. The SMILES string of the molecule is Cc1cc(=O)oc2cc(NC(=O)N[C@H](CC(=O)N(C)C)c3ccccc3)ccc12. The summed E-state index contributed by atoms with van der Waals surface area (Å²) in [6, 6.07) is 14.9. The van der Waals surface area contributed by atoms with E-state index in [0.717, 1.165) is 16.5 Å². The second-order valence-electron chi connectivity index (χ2n) is 7.01. The predicted molar refractivity (Wildman–Crippen MR) is 112 cm³/mol. The number of hydrogen-bond donors (Lipinski definition) is 2. The van der Waals surface area contributed by atoms with Crippen LogP contribution in [0.2, 0.25) is 0 Å². The Morgan fingerprint density at radius 3 is 2.48 bits per heavy atom. The van der Waals surface area contributed by atoms with Crippen LogP contribution in [0, 0.1) is 6.92 Å². The largest absolute Gasteiger partial charge is 0.423 e. The van der Waals surface area contributed by atoms with Gasteiger partial charge < -0.3 is 20.0 Å². The number of amides is 3. The number of nitrogens with one attached hydrogen (secondary N) is 2. The first kappa shape index (κ1) is 20.1. The molecule has 0 unspecified atom stereocenters. The number of rotatable bonds is 5. The van der Waals surface area contributed by atoms with Gasteiger partial charge in [0, 0.05) is 37.3 Å². The zero-order chi connectivity index (χ0) is 21.0. The van der Waals surface area contributed by atoms with Gasteiger partial charge in [-0.2, -0.15) is 0 Å². The maximum atomic E-state index is 12.6. The number of carbonyl (C=O) groups is 2. The smallest absolute Gasteiger partial charge is 0.336 e. The summed E-state index contributed by atoms with van der Waals surface area (Å²) in [7, 11) is 3.35. The molecule has 1 atom stereocenters. The third-order valence-electron chi connectivity index (χ3n) is 4.59. The lowest BCUT2D eigenvalue weighted by atomic mass is 10.0. The molecule has 0 aliphatic heterocycles. The van der Waals surface area contributed by atoms with Crippen molar-refractivity contribution in [1.82, 2.24) is 10.2 Å². The molecule has 0 aliphatic carbocycles. The highest BCUT2D eigenvalue weighted by molar-refractivity contribution is 5.93. The Labute approximate surface area is 168 Å². The van der Waals surface area contributed by atoms with Gasteiger partial charge in [0.25, 0.3) is 0 Å². The van der Waals surface area contributed by atoms with E-state index >= 15 is 0 Å². The van der Waals surface area contributed by atoms with Crippen molar-refractivity contribution < 1.29 is 14.0 Å². The van der Waals surface area contributed by atoms with Crippen molar-refractivity contribution >= 4 is 28.6 Å². The molecular weight excluding hydrogens is 370 g/mol. The molecule has 0 bridgehead atoms. The van der Waals surface area contributed by atoms with Gasteiger partial charge in [0.2, 0.25) is 5.91 Å². The van der Waals surface area contributed by atoms with Gasteiger partial charge in [-0.25, -0.2) is 9.59 Å². The number of urea groups is 1. The summed E-state index contributed by atoms with van der Waals surface area (Å²) in [6.45, 7) is 1.82. The number of benzene rings is 2. The molecule has 3 aromatic rings. The normalized spacial score (nSPS) is 11.7. The molecule has 3 rings (SSSR count). The van der Waals surface area contributed by atoms with Crippen LogP contribution in [0.1, 0.15) is 23.6 Å². The molecule has 1 heterocycles. The molecule has 0 saturated carbocycles. The van der Waals surface area contributed by atoms with Gasteiger partial charge in [-0.15, -0.1) is 0 Å². The maximum absolute atomic E-state index is 12.6. The van der Waals surface area contributed by atoms with Gasteiger partial charge >= 0.3 is 11.7 Å². The van der Waals surface area contributed by atoms with Gasteiger partial charge in [0.1, 0.15) is 5.58 Å². The van der Waals surface area contributed by atoms with E-state index in [-0.39, 0.29) is 12.3 Å². The van der Waals surface area contributed by atoms with Crippen molar-refractivity contribution in [1.29, 1.82) is 0 Å². The van der Waals surface area contributed by atoms with Crippen LogP contribution < -0.4 is 16.3 Å². The summed E-state index contributed by atoms with van der Waals surface area (Å²) in [5, 5.41) is 6.39. The predicted octanol–water partition coefficient (Wildman–Crippen LogP) is 3.44. The van der Waals surface area contributed by atoms with Crippen LogP contribution in [0.3, 0.4) is 0 Å². The van der Waals surface area contributed by atoms with E-state index < -0.39 is 17.7 Å². The molecule has 2 aromatic carbocycles. The minimum Gasteiger partial charge on any atom is -0.423 e. The van der Waals surface area contributed by atoms with Gasteiger partial charge in [-0.05, 0) is 30.2 Å². The Morgan fingerprint density at radius 1 is 1.07 bits per heavy atom. The molecule has 7 nitrogen and oxygen atoms in total. The number of anilines is 1. The summed E-state index contributed by atoms with van der Waals surface area (Å²) in [5.41, 5.74) is 2.07. The standard InChI is InChI=1S/C22H23N3O4/c1-14-11-21(27)29-19-12-16(9-10-17(14)19)23-22(28)24-18(13-20(26)25(2)3)15-7-5-4-6-8-15/h4-12,18H,13H2,1-3H3,(H2,23,24,28)/t18-/m1/s1. The van der Waals surface area contributed by atoms with E-state index in [1.807, 2.05) is 37.3 Å². The Balaban J connectivity index is 1.78. The third-order valence-corrected chi connectivity index (χ3v) is 4.59. The van der Waals surface area contributed by atoms with Crippen molar-refractivity contribution in [2.75, 3.05) is 19.4 Å². The molecule has 29 heavy (non-hydrogen) atoms. The van der Waals surface area contributed by atoms with E-state index in [1.165, 1.54) is 11.0 Å². The van der Waals surface area contributed by atoms with E-state index in [4.69, 9.17) is 4.42 Å². The molecule has 7 heteroatoms. The average molecular weight is 393 g/mol. The van der Waals surface area contributed by atoms with Crippen molar-refractivity contribution in [2.24, 2.45) is 0 Å². The lowest BCUT2D eigenvalue weighted by Crippen LogP contribution is -2.36. The van der Waals surface area contributed by atoms with Crippen LogP contribution in [0.15, 0.2) is 63.8 Å². The molecule has 0 fully saturated rings. The topological polar surface area (TPSA) is 91.6 Å². The summed E-state index contributed by atoms with van der Waals surface area (Å²) >= 11 is 0. The Bertz CT molecular complexity index is 1090. The minimum absolute atomic E-state index is 0.0953. The third kappa shape index (κ3) is 5.01. The Kier molecular flexibility index (Phi) is 5.97. The molecule has 150 valence electrons. The molecule has 0 saturated heterocycles. The Hall–Kier alpha value is -3.61.